The van der Waals surface area contributed by atoms with E-state index in [1.165, 1.54) is 66.8 Å². The Kier molecular flexibility index (Phi) is 10.9. The lowest BCUT2D eigenvalue weighted by atomic mass is 9.82. The molecule has 0 N–H and O–H groups in total. The van der Waals surface area contributed by atoms with Crippen molar-refractivity contribution < 1.29 is 0 Å². The zero-order valence-corrected chi connectivity index (χ0v) is 42.3. The van der Waals surface area contributed by atoms with E-state index in [1.54, 1.807) is 0 Å². The average molecular weight is 949 g/mol. The molecule has 0 aliphatic heterocycles. The van der Waals surface area contributed by atoms with Crippen LogP contribution in [0.4, 0.5) is 34.1 Å². The Balaban J connectivity index is 0.866. The molecule has 13 rings (SSSR count). The first-order chi connectivity index (χ1) is 36.2. The van der Waals surface area contributed by atoms with Gasteiger partial charge in [-0.25, -0.2) is 0 Å². The summed E-state index contributed by atoms with van der Waals surface area (Å²) >= 11 is 0. The number of rotatable bonds is 10. The summed E-state index contributed by atoms with van der Waals surface area (Å²) in [5.41, 5.74) is 26.6. The second-order valence-electron chi connectivity index (χ2n) is 21.0. The third kappa shape index (κ3) is 7.74. The first-order valence-electron chi connectivity index (χ1n) is 25.9. The largest absolute Gasteiger partial charge is 0.310 e. The van der Waals surface area contributed by atoms with Crippen LogP contribution in [0.5, 0.6) is 0 Å². The van der Waals surface area contributed by atoms with E-state index < -0.39 is 0 Å². The molecule has 0 aromatic heterocycles. The quantitative estimate of drug-likeness (QED) is 0.135. The van der Waals surface area contributed by atoms with Gasteiger partial charge in [0.1, 0.15) is 0 Å². The number of hydrogen-bond acceptors (Lipinski definition) is 2. The van der Waals surface area contributed by atoms with E-state index in [0.717, 1.165) is 56.4 Å². The van der Waals surface area contributed by atoms with Gasteiger partial charge in [-0.15, -0.1) is 0 Å². The highest BCUT2D eigenvalue weighted by molar-refractivity contribution is 5.90. The minimum atomic E-state index is -0.125. The summed E-state index contributed by atoms with van der Waals surface area (Å²) in [6, 6.07) is 98.3. The van der Waals surface area contributed by atoms with E-state index >= 15 is 0 Å². The minimum absolute atomic E-state index is 0.125. The molecule has 0 saturated heterocycles. The lowest BCUT2D eigenvalue weighted by Gasteiger charge is -2.29. The Bertz CT molecular complexity index is 3650. The van der Waals surface area contributed by atoms with Crippen LogP contribution in [-0.2, 0) is 10.8 Å². The van der Waals surface area contributed by atoms with Gasteiger partial charge < -0.3 is 9.80 Å². The molecule has 11 aromatic carbocycles. The van der Waals surface area contributed by atoms with Gasteiger partial charge >= 0.3 is 0 Å². The summed E-state index contributed by atoms with van der Waals surface area (Å²) in [6.07, 6.45) is 0. The smallest absolute Gasteiger partial charge is 0.0467 e. The van der Waals surface area contributed by atoms with Crippen molar-refractivity contribution in [3.05, 3.63) is 289 Å². The maximum absolute atomic E-state index is 2.43. The SMILES string of the molecule is CC1(C)c2ccccc2-c2ccc(N(c3cccc(-c4ccccc4)c3)c3cccc(-c4ccc(-c5cccc(N(c6cccc(-c7ccccc7)c6)c6ccc7c(c6)C(C)(C)c6ccccc6-7)c5)cc4)c3)cc21. The van der Waals surface area contributed by atoms with Gasteiger partial charge in [-0.2, -0.15) is 0 Å². The van der Waals surface area contributed by atoms with Crippen molar-refractivity contribution in [3.8, 4) is 66.8 Å². The Labute approximate surface area is 436 Å². The molecule has 0 heterocycles. The molecule has 0 amide bonds. The predicted molar refractivity (Wildman–Crippen MR) is 313 cm³/mol. The van der Waals surface area contributed by atoms with Crippen molar-refractivity contribution in [1.29, 1.82) is 0 Å². The van der Waals surface area contributed by atoms with Crippen LogP contribution >= 0.6 is 0 Å². The Morgan fingerprint density at radius 2 is 0.473 bits per heavy atom. The predicted octanol–water partition coefficient (Wildman–Crippen LogP) is 19.9. The van der Waals surface area contributed by atoms with Crippen LogP contribution in [0.3, 0.4) is 0 Å². The second kappa shape index (κ2) is 17.9. The summed E-state index contributed by atoms with van der Waals surface area (Å²) in [7, 11) is 0. The van der Waals surface area contributed by atoms with E-state index in [0.29, 0.717) is 0 Å². The van der Waals surface area contributed by atoms with Gasteiger partial charge in [-0.1, -0.05) is 222 Å². The molecule has 0 bridgehead atoms. The molecule has 354 valence electrons. The molecule has 0 atom stereocenters. The number of nitrogens with zero attached hydrogens (tertiary/aromatic N) is 2. The molecule has 2 aliphatic rings. The van der Waals surface area contributed by atoms with Gasteiger partial charge in [0.25, 0.3) is 0 Å². The molecular formula is C72H56N2. The van der Waals surface area contributed by atoms with Crippen LogP contribution in [0.25, 0.3) is 66.8 Å². The highest BCUT2D eigenvalue weighted by atomic mass is 15.1. The maximum Gasteiger partial charge on any atom is 0.0467 e. The van der Waals surface area contributed by atoms with Crippen LogP contribution in [0.15, 0.2) is 267 Å². The van der Waals surface area contributed by atoms with E-state index in [2.05, 4.69) is 304 Å². The van der Waals surface area contributed by atoms with E-state index in [9.17, 15) is 0 Å². The zero-order chi connectivity index (χ0) is 50.0. The summed E-state index contributed by atoms with van der Waals surface area (Å²) in [6.45, 7) is 9.43. The Morgan fingerprint density at radius 3 is 0.824 bits per heavy atom. The molecule has 0 fully saturated rings. The molecule has 2 nitrogen and oxygen atoms in total. The molecule has 0 saturated carbocycles. The Hall–Kier alpha value is -8.98. The number of anilines is 6. The third-order valence-electron chi connectivity index (χ3n) is 15.8. The van der Waals surface area contributed by atoms with Gasteiger partial charge in [-0.3, -0.25) is 0 Å². The van der Waals surface area contributed by atoms with E-state index in [-0.39, 0.29) is 10.8 Å². The summed E-state index contributed by atoms with van der Waals surface area (Å²) in [5.74, 6) is 0. The van der Waals surface area contributed by atoms with Crippen LogP contribution in [0.2, 0.25) is 0 Å². The van der Waals surface area contributed by atoms with Crippen molar-refractivity contribution in [3.63, 3.8) is 0 Å². The fourth-order valence-corrected chi connectivity index (χ4v) is 12.0. The molecule has 0 unspecified atom stereocenters. The van der Waals surface area contributed by atoms with Crippen LogP contribution in [0, 0.1) is 0 Å². The minimum Gasteiger partial charge on any atom is -0.310 e. The molecular weight excluding hydrogens is 893 g/mol. The molecule has 0 spiro atoms. The number of fused-ring (bicyclic) bond motifs is 6. The van der Waals surface area contributed by atoms with Crippen molar-refractivity contribution in [2.75, 3.05) is 9.80 Å². The zero-order valence-electron chi connectivity index (χ0n) is 42.3. The van der Waals surface area contributed by atoms with Gasteiger partial charge in [0.15, 0.2) is 0 Å². The van der Waals surface area contributed by atoms with Crippen LogP contribution in [0.1, 0.15) is 49.9 Å². The van der Waals surface area contributed by atoms with Crippen molar-refractivity contribution in [1.82, 2.24) is 0 Å². The van der Waals surface area contributed by atoms with Crippen LogP contribution in [-0.4, -0.2) is 0 Å². The molecule has 0 radical (unpaired) electrons. The van der Waals surface area contributed by atoms with E-state index in [4.69, 9.17) is 0 Å². The maximum atomic E-state index is 2.43. The van der Waals surface area contributed by atoms with Crippen molar-refractivity contribution in [2.45, 2.75) is 38.5 Å². The number of benzene rings is 11. The van der Waals surface area contributed by atoms with Crippen molar-refractivity contribution in [2.24, 2.45) is 0 Å². The van der Waals surface area contributed by atoms with Gasteiger partial charge in [0.05, 0.1) is 0 Å². The molecule has 11 aromatic rings. The highest BCUT2D eigenvalue weighted by Gasteiger charge is 2.37. The lowest BCUT2D eigenvalue weighted by molar-refractivity contribution is 0.660. The third-order valence-corrected chi connectivity index (χ3v) is 15.8. The highest BCUT2D eigenvalue weighted by Crippen LogP contribution is 2.53. The summed E-state index contributed by atoms with van der Waals surface area (Å²) < 4.78 is 0. The average Bonchev–Trinajstić information content (AvgIpc) is 3.85. The van der Waals surface area contributed by atoms with Gasteiger partial charge in [-0.05, 0) is 162 Å². The molecule has 2 heteroatoms. The van der Waals surface area contributed by atoms with Gasteiger partial charge in [0, 0.05) is 45.0 Å². The fourth-order valence-electron chi connectivity index (χ4n) is 12.0. The van der Waals surface area contributed by atoms with Gasteiger partial charge in [0.2, 0.25) is 0 Å². The monoisotopic (exact) mass is 948 g/mol. The Morgan fingerprint density at radius 1 is 0.203 bits per heavy atom. The first kappa shape index (κ1) is 44.9. The van der Waals surface area contributed by atoms with Crippen molar-refractivity contribution >= 4 is 34.1 Å². The summed E-state index contributed by atoms with van der Waals surface area (Å²) in [4.78, 5) is 4.86. The summed E-state index contributed by atoms with van der Waals surface area (Å²) in [5, 5.41) is 0. The molecule has 74 heavy (non-hydrogen) atoms. The molecule has 2 aliphatic carbocycles. The number of hydrogen-bond donors (Lipinski definition) is 0. The topological polar surface area (TPSA) is 6.48 Å². The standard InChI is InChI=1S/C72H56N2/c1-71(2)67-33-13-11-31-63(67)65-41-39-61(47-69(65)71)73(57-27-15-23-53(43-57)49-19-7-5-8-20-49)59-29-17-25-55(45-59)51-35-37-52(38-36-51)56-26-18-30-60(46-56)74(58-28-16-24-54(44-58)50-21-9-6-10-22-50)62-40-42-66-64-32-12-14-34-68(64)72(3,4)70(66)48-62/h5-48H,1-4H3. The van der Waals surface area contributed by atoms with Crippen LogP contribution < -0.4 is 9.80 Å². The first-order valence-corrected chi connectivity index (χ1v) is 25.9. The lowest BCUT2D eigenvalue weighted by Crippen LogP contribution is -2.16. The normalized spacial score (nSPS) is 13.4. The van der Waals surface area contributed by atoms with E-state index in [1.807, 2.05) is 0 Å². The second-order valence-corrected chi connectivity index (χ2v) is 21.0. The fraction of sp³-hybridized carbons (Fsp3) is 0.0833.